The van der Waals surface area contributed by atoms with Crippen molar-refractivity contribution in [1.82, 2.24) is 15.3 Å². The van der Waals surface area contributed by atoms with Crippen LogP contribution in [0.15, 0.2) is 58.1 Å². The average molecular weight is 450 g/mol. The number of H-pyrrole nitrogens is 2. The van der Waals surface area contributed by atoms with Crippen LogP contribution in [0, 0.1) is 0 Å². The van der Waals surface area contributed by atoms with E-state index >= 15 is 0 Å². The van der Waals surface area contributed by atoms with Crippen LogP contribution >= 0.6 is 0 Å². The quantitative estimate of drug-likeness (QED) is 0.549. The molecule has 2 aromatic carbocycles. The molecule has 0 aliphatic rings. The Balaban J connectivity index is 1.77. The molecule has 0 atom stereocenters. The molecular formula is C25H27N3O5. The lowest BCUT2D eigenvalue weighted by atomic mass is 10.1. The number of carbonyl (C=O) groups is 1. The van der Waals surface area contributed by atoms with E-state index in [2.05, 4.69) is 15.3 Å². The zero-order valence-corrected chi connectivity index (χ0v) is 19.0. The molecule has 0 saturated carbocycles. The molecule has 172 valence electrons. The van der Waals surface area contributed by atoms with Crippen LogP contribution in [-0.2, 0) is 11.3 Å². The van der Waals surface area contributed by atoms with Crippen molar-refractivity contribution in [1.29, 1.82) is 0 Å². The van der Waals surface area contributed by atoms with Crippen molar-refractivity contribution in [2.75, 3.05) is 7.11 Å². The number of methoxy groups -OCH3 is 1. The zero-order valence-electron chi connectivity index (χ0n) is 19.0. The van der Waals surface area contributed by atoms with Crippen molar-refractivity contribution in [3.8, 4) is 5.75 Å². The fourth-order valence-corrected chi connectivity index (χ4v) is 2.95. The SMILES string of the molecule is COc1ccc(/C=c2\[nH]c(=O)/c(=C/c3ccc(CNC(=O)OC(C)(C)C)cc3)[nH]c2=O)cc1. The van der Waals surface area contributed by atoms with Gasteiger partial charge in [0.05, 0.1) is 7.11 Å². The highest BCUT2D eigenvalue weighted by atomic mass is 16.6. The number of nitrogens with one attached hydrogen (secondary N) is 3. The van der Waals surface area contributed by atoms with Gasteiger partial charge in [0, 0.05) is 6.54 Å². The van der Waals surface area contributed by atoms with Crippen LogP contribution in [0.4, 0.5) is 4.79 Å². The summed E-state index contributed by atoms with van der Waals surface area (Å²) in [7, 11) is 1.57. The number of hydrogen-bond acceptors (Lipinski definition) is 5. The molecular weight excluding hydrogens is 422 g/mol. The Bertz CT molecular complexity index is 1350. The maximum Gasteiger partial charge on any atom is 0.407 e. The number of aromatic nitrogens is 2. The van der Waals surface area contributed by atoms with E-state index in [1.54, 1.807) is 76.4 Å². The maximum atomic E-state index is 12.5. The minimum atomic E-state index is -0.561. The normalized spacial score (nSPS) is 12.5. The van der Waals surface area contributed by atoms with Crippen molar-refractivity contribution >= 4 is 18.2 Å². The highest BCUT2D eigenvalue weighted by molar-refractivity contribution is 5.67. The van der Waals surface area contributed by atoms with Gasteiger partial charge in [-0.1, -0.05) is 36.4 Å². The molecule has 1 amide bonds. The number of rotatable bonds is 5. The molecule has 0 aliphatic heterocycles. The van der Waals surface area contributed by atoms with Gasteiger partial charge >= 0.3 is 6.09 Å². The molecule has 0 unspecified atom stereocenters. The Kier molecular flexibility index (Phi) is 7.17. The standard InChI is InChI=1S/C25H27N3O5/c1-25(2,3)33-24(31)26-15-18-7-5-16(6-8-18)13-20-22(29)28-21(23(30)27-20)14-17-9-11-19(32-4)12-10-17/h5-14H,15H2,1-4H3,(H,26,31)(H,27,30)(H,28,29)/b20-13-,21-14-. The highest BCUT2D eigenvalue weighted by Gasteiger charge is 2.15. The molecule has 0 aliphatic carbocycles. The molecule has 3 N–H and O–H groups in total. The van der Waals surface area contributed by atoms with Crippen LogP contribution in [0.5, 0.6) is 5.75 Å². The lowest BCUT2D eigenvalue weighted by Crippen LogP contribution is -2.46. The van der Waals surface area contributed by atoms with Crippen molar-refractivity contribution in [3.05, 3.63) is 96.6 Å². The molecule has 1 heterocycles. The predicted molar refractivity (Wildman–Crippen MR) is 127 cm³/mol. The smallest absolute Gasteiger partial charge is 0.407 e. The van der Waals surface area contributed by atoms with Crippen LogP contribution in [0.3, 0.4) is 0 Å². The van der Waals surface area contributed by atoms with Crippen molar-refractivity contribution < 1.29 is 14.3 Å². The molecule has 0 fully saturated rings. The summed E-state index contributed by atoms with van der Waals surface area (Å²) in [5.41, 5.74) is 0.965. The van der Waals surface area contributed by atoms with E-state index in [4.69, 9.17) is 9.47 Å². The first-order valence-corrected chi connectivity index (χ1v) is 10.4. The van der Waals surface area contributed by atoms with Gasteiger partial charge in [-0.2, -0.15) is 0 Å². The van der Waals surface area contributed by atoms with Gasteiger partial charge in [-0.15, -0.1) is 0 Å². The second kappa shape index (κ2) is 10.0. The van der Waals surface area contributed by atoms with Gasteiger partial charge in [0.2, 0.25) is 0 Å². The van der Waals surface area contributed by atoms with Gasteiger partial charge < -0.3 is 24.8 Å². The second-order valence-electron chi connectivity index (χ2n) is 8.39. The number of carbonyl (C=O) groups excluding carboxylic acids is 1. The Labute approximate surface area is 190 Å². The molecule has 0 spiro atoms. The summed E-state index contributed by atoms with van der Waals surface area (Å²) in [6, 6.07) is 14.3. The molecule has 0 saturated heterocycles. The third-order valence-electron chi connectivity index (χ3n) is 4.54. The topological polar surface area (TPSA) is 113 Å². The summed E-state index contributed by atoms with van der Waals surface area (Å²) in [5.74, 6) is 0.700. The van der Waals surface area contributed by atoms with E-state index in [0.717, 1.165) is 16.7 Å². The third-order valence-corrected chi connectivity index (χ3v) is 4.54. The number of alkyl carbamates (subject to hydrolysis) is 1. The number of ether oxygens (including phenoxy) is 2. The van der Waals surface area contributed by atoms with Crippen molar-refractivity contribution in [2.45, 2.75) is 32.9 Å². The summed E-state index contributed by atoms with van der Waals surface area (Å²) in [6.07, 6.45) is 2.69. The largest absolute Gasteiger partial charge is 0.497 e. The van der Waals surface area contributed by atoms with Gasteiger partial charge in [-0.05, 0) is 61.7 Å². The van der Waals surface area contributed by atoms with E-state index < -0.39 is 22.8 Å². The fraction of sp³-hybridized carbons (Fsp3) is 0.240. The number of benzene rings is 2. The predicted octanol–water partition coefficient (Wildman–Crippen LogP) is 1.75. The lowest BCUT2D eigenvalue weighted by molar-refractivity contribution is 0.0523. The number of amides is 1. The van der Waals surface area contributed by atoms with Gasteiger partial charge in [0.15, 0.2) is 0 Å². The average Bonchev–Trinajstić information content (AvgIpc) is 2.76. The highest BCUT2D eigenvalue weighted by Crippen LogP contribution is 2.11. The molecule has 1 aromatic heterocycles. The van der Waals surface area contributed by atoms with E-state index in [-0.39, 0.29) is 10.7 Å². The summed E-state index contributed by atoms with van der Waals surface area (Å²) >= 11 is 0. The van der Waals surface area contributed by atoms with Crippen LogP contribution in [0.1, 0.15) is 37.5 Å². The van der Waals surface area contributed by atoms with E-state index in [1.807, 2.05) is 12.1 Å². The first kappa shape index (κ1) is 23.6. The molecule has 33 heavy (non-hydrogen) atoms. The number of hydrogen-bond donors (Lipinski definition) is 3. The fourth-order valence-electron chi connectivity index (χ4n) is 2.95. The summed E-state index contributed by atoms with van der Waals surface area (Å²) < 4.78 is 10.3. The minimum Gasteiger partial charge on any atom is -0.497 e. The Morgan fingerprint density at radius 1 is 0.879 bits per heavy atom. The van der Waals surface area contributed by atoms with Crippen LogP contribution in [0.25, 0.3) is 12.2 Å². The minimum absolute atomic E-state index is 0.145. The van der Waals surface area contributed by atoms with E-state index in [9.17, 15) is 14.4 Å². The third kappa shape index (κ3) is 6.96. The van der Waals surface area contributed by atoms with Gasteiger partial charge in [0.1, 0.15) is 22.0 Å². The Morgan fingerprint density at radius 2 is 1.36 bits per heavy atom. The Hall–Kier alpha value is -4.07. The lowest BCUT2D eigenvalue weighted by Gasteiger charge is -2.19. The first-order valence-electron chi connectivity index (χ1n) is 10.4. The first-order chi connectivity index (χ1) is 15.6. The van der Waals surface area contributed by atoms with Gasteiger partial charge in [-0.3, -0.25) is 9.59 Å². The van der Waals surface area contributed by atoms with Crippen LogP contribution in [0.2, 0.25) is 0 Å². The maximum absolute atomic E-state index is 12.5. The Morgan fingerprint density at radius 3 is 1.82 bits per heavy atom. The molecule has 8 nitrogen and oxygen atoms in total. The molecule has 0 radical (unpaired) electrons. The summed E-state index contributed by atoms with van der Waals surface area (Å²) in [4.78, 5) is 42.0. The zero-order chi connectivity index (χ0) is 24.0. The van der Waals surface area contributed by atoms with Crippen molar-refractivity contribution in [3.63, 3.8) is 0 Å². The van der Waals surface area contributed by atoms with Gasteiger partial charge in [0.25, 0.3) is 11.1 Å². The molecule has 8 heteroatoms. The van der Waals surface area contributed by atoms with Gasteiger partial charge in [-0.25, -0.2) is 4.79 Å². The molecule has 3 rings (SSSR count). The van der Waals surface area contributed by atoms with Crippen LogP contribution < -0.4 is 31.9 Å². The van der Waals surface area contributed by atoms with Crippen molar-refractivity contribution in [2.24, 2.45) is 0 Å². The summed E-state index contributed by atoms with van der Waals surface area (Å²) in [6.45, 7) is 5.70. The number of aromatic amines is 2. The van der Waals surface area contributed by atoms with E-state index in [0.29, 0.717) is 12.3 Å². The van der Waals surface area contributed by atoms with E-state index in [1.165, 1.54) is 0 Å². The monoisotopic (exact) mass is 449 g/mol. The molecule has 0 bridgehead atoms. The summed E-state index contributed by atoms with van der Waals surface area (Å²) in [5, 5.41) is 2.99. The second-order valence-corrected chi connectivity index (χ2v) is 8.39. The van der Waals surface area contributed by atoms with Crippen LogP contribution in [-0.4, -0.2) is 28.8 Å². The molecule has 3 aromatic rings.